The topological polar surface area (TPSA) is 59.9 Å². The van der Waals surface area contributed by atoms with Crippen LogP contribution in [-0.2, 0) is 11.3 Å². The molecule has 0 amide bonds. The molecule has 0 aliphatic rings. The minimum atomic E-state index is 0.458. The number of ether oxygens (including phenoxy) is 1. The zero-order valence-electron chi connectivity index (χ0n) is 12.0. The Balaban J connectivity index is 2.10. The van der Waals surface area contributed by atoms with Crippen LogP contribution in [0.25, 0.3) is 22.3 Å². The highest BCUT2D eigenvalue weighted by Crippen LogP contribution is 2.22. The average Bonchev–Trinajstić information content (AvgIpc) is 2.54. The van der Waals surface area contributed by atoms with Crippen molar-refractivity contribution < 1.29 is 4.74 Å². The van der Waals surface area contributed by atoms with Gasteiger partial charge in [0.05, 0.1) is 17.8 Å². The number of fused-ring (bicyclic) bond motifs is 1. The van der Waals surface area contributed by atoms with Crippen LogP contribution in [0.15, 0.2) is 42.6 Å². The summed E-state index contributed by atoms with van der Waals surface area (Å²) in [5.74, 6) is 1.46. The van der Waals surface area contributed by atoms with E-state index >= 15 is 0 Å². The van der Waals surface area contributed by atoms with Gasteiger partial charge in [-0.15, -0.1) is 0 Å². The van der Waals surface area contributed by atoms with Gasteiger partial charge >= 0.3 is 0 Å². The number of aromatic nitrogens is 3. The van der Waals surface area contributed by atoms with Gasteiger partial charge in [0, 0.05) is 37.4 Å². The summed E-state index contributed by atoms with van der Waals surface area (Å²) in [6.45, 7) is 0.458. The Kier molecular flexibility index (Phi) is 3.75. The first-order chi connectivity index (χ1) is 10.3. The number of hydrogen-bond acceptors (Lipinski definition) is 5. The Hall–Kier alpha value is -2.53. The van der Waals surface area contributed by atoms with Gasteiger partial charge in [-0.1, -0.05) is 6.07 Å². The second-order valence-corrected chi connectivity index (χ2v) is 4.66. The number of pyridine rings is 1. The molecule has 0 fully saturated rings. The predicted molar refractivity (Wildman–Crippen MR) is 83.0 cm³/mol. The molecular formula is C16H16N4O. The van der Waals surface area contributed by atoms with Gasteiger partial charge in [0.25, 0.3) is 0 Å². The lowest BCUT2D eigenvalue weighted by molar-refractivity contribution is 0.181. The minimum absolute atomic E-state index is 0.458. The molecular weight excluding hydrogens is 264 g/mol. The molecule has 0 aliphatic carbocycles. The fourth-order valence-corrected chi connectivity index (χ4v) is 2.19. The lowest BCUT2D eigenvalue weighted by Crippen LogP contribution is -2.01. The summed E-state index contributed by atoms with van der Waals surface area (Å²) in [6, 6.07) is 11.9. The third kappa shape index (κ3) is 2.83. The van der Waals surface area contributed by atoms with Crippen molar-refractivity contribution in [1.29, 1.82) is 0 Å². The molecule has 3 aromatic rings. The van der Waals surface area contributed by atoms with Crippen LogP contribution in [0.2, 0.25) is 0 Å². The van der Waals surface area contributed by atoms with Crippen LogP contribution >= 0.6 is 0 Å². The SMILES string of the molecule is CNc1cc(COC)nc(-c2ccc3ncccc3c2)n1. The van der Waals surface area contributed by atoms with Crippen molar-refractivity contribution in [2.45, 2.75) is 6.61 Å². The van der Waals surface area contributed by atoms with Gasteiger partial charge in [-0.05, 0) is 24.3 Å². The zero-order chi connectivity index (χ0) is 14.7. The Labute approximate surface area is 123 Å². The molecule has 0 atom stereocenters. The normalized spacial score (nSPS) is 10.8. The maximum absolute atomic E-state index is 5.16. The Morgan fingerprint density at radius 2 is 2.05 bits per heavy atom. The molecule has 5 nitrogen and oxygen atoms in total. The number of anilines is 1. The molecule has 21 heavy (non-hydrogen) atoms. The van der Waals surface area contributed by atoms with Gasteiger partial charge in [0.1, 0.15) is 5.82 Å². The van der Waals surface area contributed by atoms with Crippen LogP contribution in [0, 0.1) is 0 Å². The molecule has 0 aliphatic heterocycles. The molecule has 3 rings (SSSR count). The van der Waals surface area contributed by atoms with E-state index in [4.69, 9.17) is 4.74 Å². The van der Waals surface area contributed by atoms with Gasteiger partial charge in [-0.3, -0.25) is 4.98 Å². The van der Waals surface area contributed by atoms with Crippen molar-refractivity contribution in [3.8, 4) is 11.4 Å². The number of nitrogens with one attached hydrogen (secondary N) is 1. The predicted octanol–water partition coefficient (Wildman–Crippen LogP) is 2.88. The smallest absolute Gasteiger partial charge is 0.161 e. The van der Waals surface area contributed by atoms with Crippen LogP contribution in [0.5, 0.6) is 0 Å². The Morgan fingerprint density at radius 1 is 1.14 bits per heavy atom. The first-order valence-corrected chi connectivity index (χ1v) is 6.70. The van der Waals surface area contributed by atoms with Gasteiger partial charge in [-0.2, -0.15) is 0 Å². The van der Waals surface area contributed by atoms with E-state index < -0.39 is 0 Å². The number of methoxy groups -OCH3 is 1. The van der Waals surface area contributed by atoms with Crippen molar-refractivity contribution in [2.75, 3.05) is 19.5 Å². The van der Waals surface area contributed by atoms with Gasteiger partial charge < -0.3 is 10.1 Å². The minimum Gasteiger partial charge on any atom is -0.378 e. The third-order valence-electron chi connectivity index (χ3n) is 3.19. The van der Waals surface area contributed by atoms with Crippen LogP contribution in [-0.4, -0.2) is 29.1 Å². The largest absolute Gasteiger partial charge is 0.378 e. The lowest BCUT2D eigenvalue weighted by Gasteiger charge is -2.08. The highest BCUT2D eigenvalue weighted by Gasteiger charge is 2.07. The summed E-state index contributed by atoms with van der Waals surface area (Å²) in [6.07, 6.45) is 1.79. The molecule has 0 saturated carbocycles. The molecule has 1 aromatic carbocycles. The van der Waals surface area contributed by atoms with Gasteiger partial charge in [0.15, 0.2) is 5.82 Å². The van der Waals surface area contributed by atoms with E-state index in [2.05, 4.69) is 20.3 Å². The molecule has 0 unspecified atom stereocenters. The standard InChI is InChI=1S/C16H16N4O/c1-17-15-9-13(10-21-2)19-16(20-15)12-5-6-14-11(8-12)4-3-7-18-14/h3-9H,10H2,1-2H3,(H,17,19,20). The first-order valence-electron chi connectivity index (χ1n) is 6.70. The quantitative estimate of drug-likeness (QED) is 0.796. The Morgan fingerprint density at radius 3 is 2.86 bits per heavy atom. The van der Waals surface area contributed by atoms with Crippen molar-refractivity contribution in [3.05, 3.63) is 48.3 Å². The zero-order valence-corrected chi connectivity index (χ0v) is 12.0. The molecule has 0 bridgehead atoms. The van der Waals surface area contributed by atoms with Gasteiger partial charge in [-0.25, -0.2) is 9.97 Å². The van der Waals surface area contributed by atoms with Crippen molar-refractivity contribution in [3.63, 3.8) is 0 Å². The molecule has 5 heteroatoms. The highest BCUT2D eigenvalue weighted by molar-refractivity contribution is 5.83. The van der Waals surface area contributed by atoms with E-state index in [9.17, 15) is 0 Å². The summed E-state index contributed by atoms with van der Waals surface area (Å²) in [4.78, 5) is 13.4. The van der Waals surface area contributed by atoms with E-state index in [0.29, 0.717) is 12.4 Å². The van der Waals surface area contributed by atoms with Gasteiger partial charge in [0.2, 0.25) is 0 Å². The van der Waals surface area contributed by atoms with E-state index in [0.717, 1.165) is 28.0 Å². The molecule has 2 heterocycles. The molecule has 2 aromatic heterocycles. The monoisotopic (exact) mass is 280 g/mol. The van der Waals surface area contributed by atoms with E-state index in [-0.39, 0.29) is 0 Å². The highest BCUT2D eigenvalue weighted by atomic mass is 16.5. The van der Waals surface area contributed by atoms with E-state index in [1.807, 2.05) is 43.4 Å². The third-order valence-corrected chi connectivity index (χ3v) is 3.19. The number of rotatable bonds is 4. The molecule has 0 radical (unpaired) electrons. The summed E-state index contributed by atoms with van der Waals surface area (Å²) in [5, 5.41) is 4.13. The van der Waals surface area contributed by atoms with Crippen molar-refractivity contribution in [1.82, 2.24) is 15.0 Å². The first kappa shape index (κ1) is 13.5. The molecule has 0 spiro atoms. The summed E-state index contributed by atoms with van der Waals surface area (Å²) in [5.41, 5.74) is 2.77. The number of benzene rings is 1. The number of nitrogens with zero attached hydrogens (tertiary/aromatic N) is 3. The fourth-order valence-electron chi connectivity index (χ4n) is 2.19. The van der Waals surface area contributed by atoms with Crippen LogP contribution in [0.4, 0.5) is 5.82 Å². The van der Waals surface area contributed by atoms with Crippen LogP contribution in [0.3, 0.4) is 0 Å². The average molecular weight is 280 g/mol. The van der Waals surface area contributed by atoms with Crippen molar-refractivity contribution in [2.24, 2.45) is 0 Å². The Bertz CT molecular complexity index is 773. The second kappa shape index (κ2) is 5.85. The van der Waals surface area contributed by atoms with Crippen molar-refractivity contribution >= 4 is 16.7 Å². The maximum atomic E-state index is 5.16. The van der Waals surface area contributed by atoms with Crippen LogP contribution < -0.4 is 5.32 Å². The maximum Gasteiger partial charge on any atom is 0.161 e. The van der Waals surface area contributed by atoms with E-state index in [1.165, 1.54) is 0 Å². The lowest BCUT2D eigenvalue weighted by atomic mass is 10.1. The van der Waals surface area contributed by atoms with E-state index in [1.54, 1.807) is 13.3 Å². The molecule has 106 valence electrons. The second-order valence-electron chi connectivity index (χ2n) is 4.66. The summed E-state index contributed by atoms with van der Waals surface area (Å²) >= 11 is 0. The summed E-state index contributed by atoms with van der Waals surface area (Å²) in [7, 11) is 3.50. The molecule has 1 N–H and O–H groups in total. The summed E-state index contributed by atoms with van der Waals surface area (Å²) < 4.78 is 5.16. The fraction of sp³-hybridized carbons (Fsp3) is 0.188. The molecule has 0 saturated heterocycles. The number of hydrogen-bond donors (Lipinski definition) is 1. The van der Waals surface area contributed by atoms with Crippen LogP contribution in [0.1, 0.15) is 5.69 Å².